The summed E-state index contributed by atoms with van der Waals surface area (Å²) >= 11 is 0. The second-order valence-electron chi connectivity index (χ2n) is 3.28. The van der Waals surface area contributed by atoms with Crippen molar-refractivity contribution in [1.29, 1.82) is 0 Å². The van der Waals surface area contributed by atoms with E-state index in [1.807, 2.05) is 26.1 Å². The lowest BCUT2D eigenvalue weighted by Crippen LogP contribution is -2.39. The molecule has 3 atom stereocenters. The summed E-state index contributed by atoms with van der Waals surface area (Å²) in [6.07, 6.45) is 8.85. The van der Waals surface area contributed by atoms with Gasteiger partial charge in [-0.1, -0.05) is 24.3 Å². The highest BCUT2D eigenvalue weighted by Crippen LogP contribution is 2.17. The molecule has 2 nitrogen and oxygen atoms in total. The first-order chi connectivity index (χ1) is 5.75. The van der Waals surface area contributed by atoms with Crippen molar-refractivity contribution in [2.45, 2.75) is 25.5 Å². The molecule has 12 heavy (non-hydrogen) atoms. The normalized spacial score (nSPS) is 27.1. The zero-order valence-corrected chi connectivity index (χ0v) is 7.70. The molecule has 0 spiro atoms. The average Bonchev–Trinajstić information content (AvgIpc) is 2.17. The minimum absolute atomic E-state index is 0.158. The summed E-state index contributed by atoms with van der Waals surface area (Å²) in [4.78, 5) is 0. The molecule has 0 heterocycles. The van der Waals surface area contributed by atoms with Crippen molar-refractivity contribution >= 4 is 0 Å². The van der Waals surface area contributed by atoms with Gasteiger partial charge in [0.1, 0.15) is 0 Å². The first kappa shape index (κ1) is 9.49. The van der Waals surface area contributed by atoms with Gasteiger partial charge in [-0.3, -0.25) is 0 Å². The van der Waals surface area contributed by atoms with Crippen molar-refractivity contribution in [1.82, 2.24) is 5.32 Å². The van der Waals surface area contributed by atoms with Gasteiger partial charge in [-0.25, -0.2) is 0 Å². The third-order valence-corrected chi connectivity index (χ3v) is 2.42. The molecule has 0 fully saturated rings. The lowest BCUT2D eigenvalue weighted by Gasteiger charge is -2.25. The molecule has 68 valence electrons. The van der Waals surface area contributed by atoms with Crippen LogP contribution < -0.4 is 5.32 Å². The molecule has 1 aliphatic rings. The van der Waals surface area contributed by atoms with Gasteiger partial charge in [0.2, 0.25) is 0 Å². The van der Waals surface area contributed by atoms with Crippen LogP contribution in [0.5, 0.6) is 0 Å². The highest BCUT2D eigenvalue weighted by Gasteiger charge is 2.21. The minimum atomic E-state index is -0.281. The molecule has 0 aromatic heterocycles. The van der Waals surface area contributed by atoms with Crippen LogP contribution in [-0.4, -0.2) is 24.3 Å². The van der Waals surface area contributed by atoms with E-state index in [9.17, 15) is 5.11 Å². The van der Waals surface area contributed by atoms with Crippen LogP contribution in [-0.2, 0) is 0 Å². The van der Waals surface area contributed by atoms with E-state index in [-0.39, 0.29) is 18.1 Å². The molecular formula is C10H17NO. The second kappa shape index (κ2) is 4.43. The van der Waals surface area contributed by atoms with Gasteiger partial charge in [-0.05, 0) is 20.4 Å². The highest BCUT2D eigenvalue weighted by molar-refractivity contribution is 5.12. The van der Waals surface area contributed by atoms with Gasteiger partial charge in [-0.15, -0.1) is 0 Å². The molecular weight excluding hydrogens is 150 g/mol. The van der Waals surface area contributed by atoms with E-state index in [2.05, 4.69) is 17.5 Å². The highest BCUT2D eigenvalue weighted by atomic mass is 16.3. The van der Waals surface area contributed by atoms with Crippen molar-refractivity contribution in [3.63, 3.8) is 0 Å². The third kappa shape index (κ3) is 2.19. The van der Waals surface area contributed by atoms with Gasteiger partial charge in [0, 0.05) is 12.0 Å². The average molecular weight is 167 g/mol. The van der Waals surface area contributed by atoms with Crippen molar-refractivity contribution in [3.8, 4) is 0 Å². The largest absolute Gasteiger partial charge is 0.391 e. The number of aliphatic hydroxyl groups is 1. The SMILES string of the molecule is CNC(C)C(O)C1C=CC=CC1. The van der Waals surface area contributed by atoms with Crippen molar-refractivity contribution < 1.29 is 5.11 Å². The Bertz CT molecular complexity index is 186. The number of rotatable bonds is 3. The molecule has 0 saturated heterocycles. The minimum Gasteiger partial charge on any atom is -0.391 e. The van der Waals surface area contributed by atoms with E-state index in [0.717, 1.165) is 6.42 Å². The Morgan fingerprint density at radius 1 is 1.50 bits per heavy atom. The fraction of sp³-hybridized carbons (Fsp3) is 0.600. The summed E-state index contributed by atoms with van der Waals surface area (Å²) in [5.74, 6) is 0.275. The molecule has 0 radical (unpaired) electrons. The lowest BCUT2D eigenvalue weighted by molar-refractivity contribution is 0.0975. The van der Waals surface area contributed by atoms with E-state index in [4.69, 9.17) is 0 Å². The Labute approximate surface area is 74.0 Å². The molecule has 1 rings (SSSR count). The maximum atomic E-state index is 9.79. The number of likely N-dealkylation sites (N-methyl/N-ethyl adjacent to an activating group) is 1. The lowest BCUT2D eigenvalue weighted by atomic mass is 9.91. The van der Waals surface area contributed by atoms with E-state index < -0.39 is 0 Å². The Balaban J connectivity index is 2.47. The third-order valence-electron chi connectivity index (χ3n) is 2.42. The van der Waals surface area contributed by atoms with Gasteiger partial charge >= 0.3 is 0 Å². The molecule has 0 aliphatic heterocycles. The summed E-state index contributed by atoms with van der Waals surface area (Å²) in [7, 11) is 1.87. The van der Waals surface area contributed by atoms with Crippen LogP contribution in [0, 0.1) is 5.92 Å². The van der Waals surface area contributed by atoms with Crippen LogP contribution in [0.4, 0.5) is 0 Å². The number of allylic oxidation sites excluding steroid dienone is 3. The Morgan fingerprint density at radius 2 is 2.25 bits per heavy atom. The van der Waals surface area contributed by atoms with Crippen LogP contribution in [0.3, 0.4) is 0 Å². The van der Waals surface area contributed by atoms with Gasteiger partial charge < -0.3 is 10.4 Å². The topological polar surface area (TPSA) is 32.3 Å². The fourth-order valence-corrected chi connectivity index (χ4v) is 1.39. The van der Waals surface area contributed by atoms with Gasteiger partial charge in [-0.2, -0.15) is 0 Å². The Kier molecular flexibility index (Phi) is 3.50. The standard InChI is InChI=1S/C10H17NO/c1-8(11-2)10(12)9-6-4-3-5-7-9/h3-6,8-12H,7H2,1-2H3. The second-order valence-corrected chi connectivity index (χ2v) is 3.28. The predicted molar refractivity (Wildman–Crippen MR) is 50.9 cm³/mol. The number of aliphatic hydroxyl groups excluding tert-OH is 1. The zero-order chi connectivity index (χ0) is 8.97. The zero-order valence-electron chi connectivity index (χ0n) is 7.70. The summed E-state index contributed by atoms with van der Waals surface area (Å²) in [5.41, 5.74) is 0. The molecule has 0 bridgehead atoms. The molecule has 2 N–H and O–H groups in total. The molecule has 2 heteroatoms. The maximum absolute atomic E-state index is 9.79. The smallest absolute Gasteiger partial charge is 0.0755 e. The number of hydrogen-bond donors (Lipinski definition) is 2. The maximum Gasteiger partial charge on any atom is 0.0755 e. The first-order valence-electron chi connectivity index (χ1n) is 4.44. The monoisotopic (exact) mass is 167 g/mol. The Morgan fingerprint density at radius 3 is 2.75 bits per heavy atom. The van der Waals surface area contributed by atoms with Crippen LogP contribution in [0.15, 0.2) is 24.3 Å². The quantitative estimate of drug-likeness (QED) is 0.659. The summed E-state index contributed by atoms with van der Waals surface area (Å²) in [6.45, 7) is 2.00. The van der Waals surface area contributed by atoms with E-state index in [1.165, 1.54) is 0 Å². The van der Waals surface area contributed by atoms with Crippen LogP contribution in [0.25, 0.3) is 0 Å². The molecule has 3 unspecified atom stereocenters. The summed E-state index contributed by atoms with van der Waals surface area (Å²) < 4.78 is 0. The summed E-state index contributed by atoms with van der Waals surface area (Å²) in [6, 6.07) is 0.158. The van der Waals surface area contributed by atoms with Gasteiger partial charge in [0.25, 0.3) is 0 Å². The van der Waals surface area contributed by atoms with Crippen molar-refractivity contribution in [3.05, 3.63) is 24.3 Å². The van der Waals surface area contributed by atoms with Crippen molar-refractivity contribution in [2.75, 3.05) is 7.05 Å². The molecule has 1 aliphatic carbocycles. The van der Waals surface area contributed by atoms with Crippen LogP contribution in [0.2, 0.25) is 0 Å². The molecule has 0 aromatic rings. The van der Waals surface area contributed by atoms with E-state index >= 15 is 0 Å². The van der Waals surface area contributed by atoms with E-state index in [1.54, 1.807) is 0 Å². The molecule has 0 aromatic carbocycles. The predicted octanol–water partition coefficient (Wildman–Crippen LogP) is 1.09. The molecule has 0 saturated carbocycles. The summed E-state index contributed by atoms with van der Waals surface area (Å²) in [5, 5.41) is 12.8. The van der Waals surface area contributed by atoms with Crippen molar-refractivity contribution in [2.24, 2.45) is 5.92 Å². The fourth-order valence-electron chi connectivity index (χ4n) is 1.39. The molecule has 0 amide bonds. The number of hydrogen-bond acceptors (Lipinski definition) is 2. The van der Waals surface area contributed by atoms with E-state index in [0.29, 0.717) is 0 Å². The van der Waals surface area contributed by atoms with Gasteiger partial charge in [0.15, 0.2) is 0 Å². The number of nitrogens with one attached hydrogen (secondary N) is 1. The Hall–Kier alpha value is -0.600. The van der Waals surface area contributed by atoms with Crippen LogP contribution >= 0.6 is 0 Å². The van der Waals surface area contributed by atoms with Crippen LogP contribution in [0.1, 0.15) is 13.3 Å². The van der Waals surface area contributed by atoms with Gasteiger partial charge in [0.05, 0.1) is 6.10 Å². The first-order valence-corrected chi connectivity index (χ1v) is 4.44.